The van der Waals surface area contributed by atoms with Crippen LogP contribution in [0, 0.1) is 5.41 Å². The maximum Gasteiger partial charge on any atom is 0.0303 e. The van der Waals surface area contributed by atoms with Gasteiger partial charge in [-0.05, 0) is 86.0 Å². The van der Waals surface area contributed by atoms with Gasteiger partial charge in [0.05, 0.1) is 0 Å². The van der Waals surface area contributed by atoms with Crippen molar-refractivity contribution in [1.82, 2.24) is 4.31 Å². The molecule has 32 heavy (non-hydrogen) atoms. The summed E-state index contributed by atoms with van der Waals surface area (Å²) in [4.78, 5) is 1.28. The second-order valence-electron chi connectivity index (χ2n) is 9.83. The molecular weight excluding hydrogens is 408 g/mol. The summed E-state index contributed by atoms with van der Waals surface area (Å²) in [5, 5.41) is 0. The van der Waals surface area contributed by atoms with Crippen LogP contribution in [0.4, 0.5) is 0 Å². The highest BCUT2D eigenvalue weighted by Crippen LogP contribution is 2.43. The van der Waals surface area contributed by atoms with Crippen molar-refractivity contribution in [2.45, 2.75) is 71.6 Å². The molecule has 174 valence electrons. The normalized spacial score (nSPS) is 18.8. The molecule has 0 spiro atoms. The molecule has 0 aromatic heterocycles. The molecule has 0 fully saturated rings. The van der Waals surface area contributed by atoms with Gasteiger partial charge in [-0.3, -0.25) is 0 Å². The fraction of sp³-hybridized carbons (Fsp3) is 0.448. The molecule has 2 nitrogen and oxygen atoms in total. The van der Waals surface area contributed by atoms with Gasteiger partial charge in [0.1, 0.15) is 0 Å². The van der Waals surface area contributed by atoms with Gasteiger partial charge in [-0.1, -0.05) is 82.7 Å². The molecule has 1 atom stereocenters. The van der Waals surface area contributed by atoms with E-state index in [1.54, 1.807) is 0 Å². The Kier molecular flexibility index (Phi) is 9.24. The number of allylic oxidation sites excluding steroid dienone is 2. The number of hydrogen-bond donors (Lipinski definition) is 1. The monoisotopic (exact) mass is 450 g/mol. The Balaban J connectivity index is 0.00000176. The van der Waals surface area contributed by atoms with Crippen LogP contribution >= 0.6 is 11.9 Å². The lowest BCUT2D eigenvalue weighted by Crippen LogP contribution is -2.38. The van der Waals surface area contributed by atoms with Crippen molar-refractivity contribution in [3.63, 3.8) is 0 Å². The average molecular weight is 451 g/mol. The molecule has 3 heteroatoms. The van der Waals surface area contributed by atoms with E-state index in [2.05, 4.69) is 107 Å². The molecule has 0 bridgehead atoms. The molecule has 1 aliphatic rings. The van der Waals surface area contributed by atoms with Crippen LogP contribution in [-0.2, 0) is 11.8 Å². The van der Waals surface area contributed by atoms with E-state index >= 15 is 0 Å². The van der Waals surface area contributed by atoms with Crippen molar-refractivity contribution in [1.29, 1.82) is 0 Å². The lowest BCUT2D eigenvalue weighted by molar-refractivity contribution is 0.280. The first-order valence-electron chi connectivity index (χ1n) is 11.8. The van der Waals surface area contributed by atoms with Crippen LogP contribution < -0.4 is 5.73 Å². The van der Waals surface area contributed by atoms with Crippen LogP contribution in [0.2, 0.25) is 0 Å². The van der Waals surface area contributed by atoms with Gasteiger partial charge in [0.25, 0.3) is 0 Å². The first-order chi connectivity index (χ1) is 15.1. The van der Waals surface area contributed by atoms with Gasteiger partial charge < -0.3 is 5.73 Å². The van der Waals surface area contributed by atoms with E-state index in [4.69, 9.17) is 5.73 Å². The van der Waals surface area contributed by atoms with Crippen LogP contribution in [0.3, 0.4) is 0 Å². The second-order valence-corrected chi connectivity index (χ2v) is 11.1. The third kappa shape index (κ3) is 6.76. The van der Waals surface area contributed by atoms with Gasteiger partial charge in [0.15, 0.2) is 0 Å². The Bertz CT molecular complexity index is 920. The average Bonchev–Trinajstić information content (AvgIpc) is 2.74. The van der Waals surface area contributed by atoms with E-state index in [0.717, 1.165) is 25.1 Å². The van der Waals surface area contributed by atoms with Crippen LogP contribution in [0.5, 0.6) is 0 Å². The van der Waals surface area contributed by atoms with Gasteiger partial charge in [-0.25, -0.2) is 4.31 Å². The third-order valence-electron chi connectivity index (χ3n) is 6.20. The fourth-order valence-corrected chi connectivity index (χ4v) is 5.27. The van der Waals surface area contributed by atoms with E-state index in [0.29, 0.717) is 0 Å². The quantitative estimate of drug-likeness (QED) is 0.456. The highest BCUT2D eigenvalue weighted by atomic mass is 32.2. The summed E-state index contributed by atoms with van der Waals surface area (Å²) in [6, 6.07) is 19.9. The van der Waals surface area contributed by atoms with Crippen molar-refractivity contribution in [3.8, 4) is 0 Å². The minimum absolute atomic E-state index is 0.0570. The molecule has 2 N–H and O–H groups in total. The predicted molar refractivity (Wildman–Crippen MR) is 143 cm³/mol. The molecule has 2 aromatic carbocycles. The number of rotatable bonds is 6. The maximum absolute atomic E-state index is 6.27. The Morgan fingerprint density at radius 1 is 0.969 bits per heavy atom. The minimum Gasteiger partial charge on any atom is -0.399 e. The van der Waals surface area contributed by atoms with E-state index in [-0.39, 0.29) is 10.8 Å². The zero-order chi connectivity index (χ0) is 23.9. The molecule has 0 amide bonds. The first-order valence-corrected chi connectivity index (χ1v) is 12.5. The summed E-state index contributed by atoms with van der Waals surface area (Å²) >= 11 is 1.83. The van der Waals surface area contributed by atoms with Gasteiger partial charge in [0, 0.05) is 22.6 Å². The van der Waals surface area contributed by atoms with Gasteiger partial charge in [-0.15, -0.1) is 0 Å². The maximum atomic E-state index is 6.27. The lowest BCUT2D eigenvalue weighted by atomic mass is 9.68. The Morgan fingerprint density at radius 2 is 1.56 bits per heavy atom. The topological polar surface area (TPSA) is 29.3 Å². The lowest BCUT2D eigenvalue weighted by Gasteiger charge is -2.41. The van der Waals surface area contributed by atoms with Gasteiger partial charge in [-0.2, -0.15) is 0 Å². The highest BCUT2D eigenvalue weighted by molar-refractivity contribution is 7.97. The predicted octanol–water partition coefficient (Wildman–Crippen LogP) is 7.76. The Hall–Kier alpha value is -1.97. The van der Waals surface area contributed by atoms with Crippen molar-refractivity contribution >= 4 is 11.9 Å². The SMILES string of the molecule is CC.CC1=CC(N)=C(C)CC1(Cc1ccccc1)CN(C)Sc1ccc(C(C)(C)C)cc1. The standard InChI is InChI=1S/C27H36N2S.C2H6/c1-20-17-27(21(2)16-25(20)28,18-22-10-8-7-9-11-22)19-29(6)30-24-14-12-23(13-15-24)26(3,4)5;1-2/h7-16H,17-19,28H2,1-6H3;1-2H3. The number of nitrogens with zero attached hydrogens (tertiary/aromatic N) is 1. The summed E-state index contributed by atoms with van der Waals surface area (Å²) in [5.74, 6) is 0. The van der Waals surface area contributed by atoms with Gasteiger partial charge in [0.2, 0.25) is 0 Å². The molecule has 1 aliphatic carbocycles. The minimum atomic E-state index is 0.0570. The number of nitrogens with two attached hydrogens (primary N) is 1. The van der Waals surface area contributed by atoms with E-state index in [9.17, 15) is 0 Å². The third-order valence-corrected chi connectivity index (χ3v) is 7.12. The molecule has 0 saturated carbocycles. The van der Waals surface area contributed by atoms with Crippen molar-refractivity contribution in [3.05, 3.63) is 88.6 Å². The van der Waals surface area contributed by atoms with Crippen LogP contribution in [-0.4, -0.2) is 17.9 Å². The Labute approximate surface area is 201 Å². The van der Waals surface area contributed by atoms with E-state index < -0.39 is 0 Å². The summed E-state index contributed by atoms with van der Waals surface area (Å²) in [6.45, 7) is 16.2. The van der Waals surface area contributed by atoms with E-state index in [1.165, 1.54) is 27.2 Å². The number of benzene rings is 2. The molecule has 0 radical (unpaired) electrons. The largest absolute Gasteiger partial charge is 0.399 e. The molecule has 1 unspecified atom stereocenters. The Morgan fingerprint density at radius 3 is 2.12 bits per heavy atom. The molecule has 2 aromatic rings. The van der Waals surface area contributed by atoms with E-state index in [1.807, 2.05) is 25.8 Å². The van der Waals surface area contributed by atoms with Crippen molar-refractivity contribution < 1.29 is 0 Å². The van der Waals surface area contributed by atoms with Gasteiger partial charge >= 0.3 is 0 Å². The molecular formula is C29H42N2S. The summed E-state index contributed by atoms with van der Waals surface area (Å²) in [5.41, 5.74) is 12.9. The summed E-state index contributed by atoms with van der Waals surface area (Å²) < 4.78 is 2.39. The van der Waals surface area contributed by atoms with Crippen LogP contribution in [0.15, 0.2) is 82.4 Å². The zero-order valence-corrected chi connectivity index (χ0v) is 22.1. The van der Waals surface area contributed by atoms with Crippen LogP contribution in [0.1, 0.15) is 66.0 Å². The molecule has 0 saturated heterocycles. The smallest absolute Gasteiger partial charge is 0.0303 e. The summed E-state index contributed by atoms with van der Waals surface area (Å²) in [7, 11) is 2.21. The van der Waals surface area contributed by atoms with Crippen molar-refractivity contribution in [2.24, 2.45) is 11.1 Å². The fourth-order valence-electron chi connectivity index (χ4n) is 4.34. The first kappa shape index (κ1) is 26.3. The zero-order valence-electron chi connectivity index (χ0n) is 21.3. The molecule has 3 rings (SSSR count). The molecule has 0 heterocycles. The second kappa shape index (κ2) is 11.2. The number of hydrogen-bond acceptors (Lipinski definition) is 3. The summed E-state index contributed by atoms with van der Waals surface area (Å²) in [6.07, 6.45) is 4.22. The van der Waals surface area contributed by atoms with Crippen molar-refractivity contribution in [2.75, 3.05) is 13.6 Å². The highest BCUT2D eigenvalue weighted by Gasteiger charge is 2.36. The van der Waals surface area contributed by atoms with Crippen LogP contribution in [0.25, 0.3) is 0 Å². The molecule has 0 aliphatic heterocycles.